The maximum atomic E-state index is 13.2. The molecule has 1 N–H and O–H groups in total. The van der Waals surface area contributed by atoms with E-state index in [0.29, 0.717) is 24.5 Å². The molecule has 1 aliphatic carbocycles. The molecule has 3 aromatic heterocycles. The fourth-order valence-electron chi connectivity index (χ4n) is 3.36. The van der Waals surface area contributed by atoms with E-state index in [0.717, 1.165) is 28.8 Å². The number of hydrogen-bond donors (Lipinski definition) is 1. The zero-order chi connectivity index (χ0) is 21.7. The highest BCUT2D eigenvalue weighted by Crippen LogP contribution is 2.38. The number of halogens is 3. The number of aromatic nitrogens is 3. The van der Waals surface area contributed by atoms with Crippen LogP contribution in [0.15, 0.2) is 29.3 Å². The summed E-state index contributed by atoms with van der Waals surface area (Å²) in [5.41, 5.74) is 1.20. The average molecular weight is 459 g/mol. The minimum absolute atomic E-state index is 0.0266. The molecular weight excluding hydrogens is 437 g/mol. The van der Waals surface area contributed by atoms with E-state index in [2.05, 4.69) is 28.8 Å². The second kappa shape index (κ2) is 7.61. The third-order valence-corrected chi connectivity index (χ3v) is 7.58. The SMILES string of the molecule is CC(C)Cc1cc(-c2nnc(C(F)F)s2)n2cc(S(=O)(=O)NC3(CF)CC3)ccc12. The van der Waals surface area contributed by atoms with Gasteiger partial charge in [0, 0.05) is 11.7 Å². The van der Waals surface area contributed by atoms with Crippen LogP contribution < -0.4 is 4.72 Å². The first-order valence-corrected chi connectivity index (χ1v) is 11.8. The average Bonchev–Trinajstić information content (AvgIpc) is 3.12. The van der Waals surface area contributed by atoms with Crippen molar-refractivity contribution in [1.29, 1.82) is 0 Å². The molecule has 1 aliphatic rings. The number of hydrogen-bond acceptors (Lipinski definition) is 5. The van der Waals surface area contributed by atoms with Crippen molar-refractivity contribution in [1.82, 2.24) is 19.3 Å². The standard InChI is InChI=1S/C19H21F3N4O2S2/c1-11(2)7-12-8-15(17-23-24-18(29-17)16(21)22)26-9-13(3-4-14(12)26)30(27,28)25-19(10-20)5-6-19/h3-4,8-9,11,16,25H,5-7,10H2,1-2H3. The van der Waals surface area contributed by atoms with Gasteiger partial charge in [0.25, 0.3) is 6.43 Å². The molecule has 0 bridgehead atoms. The summed E-state index contributed by atoms with van der Waals surface area (Å²) in [6.45, 7) is 3.35. The van der Waals surface area contributed by atoms with Crippen LogP contribution in [-0.4, -0.2) is 35.2 Å². The molecular formula is C19H21F3N4O2S2. The summed E-state index contributed by atoms with van der Waals surface area (Å²) < 4.78 is 68.9. The van der Waals surface area contributed by atoms with E-state index < -0.39 is 33.7 Å². The highest BCUT2D eigenvalue weighted by Gasteiger charge is 2.46. The summed E-state index contributed by atoms with van der Waals surface area (Å²) in [6, 6.07) is 4.99. The zero-order valence-corrected chi connectivity index (χ0v) is 18.0. The number of rotatable bonds is 8. The summed E-state index contributed by atoms with van der Waals surface area (Å²) in [6.07, 6.45) is 0.334. The predicted octanol–water partition coefficient (Wildman–Crippen LogP) is 4.37. The first-order valence-electron chi connectivity index (χ1n) is 9.50. The number of nitrogens with zero attached hydrogens (tertiary/aromatic N) is 3. The molecule has 1 fully saturated rings. The van der Waals surface area contributed by atoms with Gasteiger partial charge in [-0.25, -0.2) is 26.3 Å². The van der Waals surface area contributed by atoms with Crippen LogP contribution in [0.2, 0.25) is 0 Å². The van der Waals surface area contributed by atoms with Gasteiger partial charge >= 0.3 is 0 Å². The Morgan fingerprint density at radius 1 is 1.27 bits per heavy atom. The van der Waals surface area contributed by atoms with E-state index in [1.807, 2.05) is 6.07 Å². The van der Waals surface area contributed by atoms with Gasteiger partial charge in [-0.05, 0) is 48.9 Å². The lowest BCUT2D eigenvalue weighted by atomic mass is 10.0. The zero-order valence-electron chi connectivity index (χ0n) is 16.4. The van der Waals surface area contributed by atoms with Gasteiger partial charge in [-0.15, -0.1) is 10.2 Å². The third-order valence-electron chi connectivity index (χ3n) is 5.07. The van der Waals surface area contributed by atoms with Crippen LogP contribution in [-0.2, 0) is 16.4 Å². The van der Waals surface area contributed by atoms with Crippen molar-refractivity contribution in [3.63, 3.8) is 0 Å². The van der Waals surface area contributed by atoms with Crippen LogP contribution in [0.1, 0.15) is 43.7 Å². The Bertz CT molecular complexity index is 1180. The molecule has 3 heterocycles. The quantitative estimate of drug-likeness (QED) is 0.544. The van der Waals surface area contributed by atoms with Gasteiger partial charge in [-0.3, -0.25) is 0 Å². The van der Waals surface area contributed by atoms with Gasteiger partial charge < -0.3 is 4.40 Å². The molecule has 162 valence electrons. The molecule has 0 amide bonds. The summed E-state index contributed by atoms with van der Waals surface area (Å²) in [5.74, 6) is 0.333. The molecule has 30 heavy (non-hydrogen) atoms. The van der Waals surface area contributed by atoms with Crippen molar-refractivity contribution < 1.29 is 21.6 Å². The lowest BCUT2D eigenvalue weighted by Gasteiger charge is -2.14. The van der Waals surface area contributed by atoms with Crippen molar-refractivity contribution in [3.05, 3.63) is 35.0 Å². The summed E-state index contributed by atoms with van der Waals surface area (Å²) in [7, 11) is -3.94. The topological polar surface area (TPSA) is 76.4 Å². The van der Waals surface area contributed by atoms with Crippen molar-refractivity contribution in [3.8, 4) is 10.7 Å². The van der Waals surface area contributed by atoms with Crippen molar-refractivity contribution >= 4 is 26.9 Å². The molecule has 11 heteroatoms. The van der Waals surface area contributed by atoms with Crippen LogP contribution in [0, 0.1) is 5.92 Å². The highest BCUT2D eigenvalue weighted by atomic mass is 32.2. The Kier molecular flexibility index (Phi) is 5.39. The molecule has 6 nitrogen and oxygen atoms in total. The summed E-state index contributed by atoms with van der Waals surface area (Å²) in [4.78, 5) is -0.0266. The summed E-state index contributed by atoms with van der Waals surface area (Å²) in [5, 5.41) is 7.30. The molecule has 1 saturated carbocycles. The minimum atomic E-state index is -3.94. The van der Waals surface area contributed by atoms with E-state index in [-0.39, 0.29) is 9.90 Å². The Hall–Kier alpha value is -1.98. The molecule has 0 saturated heterocycles. The van der Waals surface area contributed by atoms with Crippen LogP contribution in [0.3, 0.4) is 0 Å². The van der Waals surface area contributed by atoms with Crippen LogP contribution in [0.4, 0.5) is 13.2 Å². The van der Waals surface area contributed by atoms with Crippen molar-refractivity contribution in [2.75, 3.05) is 6.67 Å². The third kappa shape index (κ3) is 3.97. The molecule has 0 radical (unpaired) electrons. The Labute approximate surface area is 176 Å². The number of pyridine rings is 1. The maximum Gasteiger partial charge on any atom is 0.291 e. The number of fused-ring (bicyclic) bond motifs is 1. The predicted molar refractivity (Wildman–Crippen MR) is 108 cm³/mol. The van der Waals surface area contributed by atoms with Gasteiger partial charge in [0.05, 0.1) is 16.1 Å². The van der Waals surface area contributed by atoms with Crippen LogP contribution in [0.25, 0.3) is 16.2 Å². The second-order valence-electron chi connectivity index (χ2n) is 8.04. The molecule has 0 spiro atoms. The normalized spacial score (nSPS) is 16.1. The van der Waals surface area contributed by atoms with Crippen LogP contribution in [0.5, 0.6) is 0 Å². The van der Waals surface area contributed by atoms with Crippen molar-refractivity contribution in [2.24, 2.45) is 5.92 Å². The fourth-order valence-corrected chi connectivity index (χ4v) is 5.51. The van der Waals surface area contributed by atoms with Gasteiger partial charge in [-0.1, -0.05) is 25.2 Å². The number of nitrogens with one attached hydrogen (secondary N) is 1. The van der Waals surface area contributed by atoms with Gasteiger partial charge in [0.15, 0.2) is 10.0 Å². The lowest BCUT2D eigenvalue weighted by Crippen LogP contribution is -2.38. The Morgan fingerprint density at radius 2 is 2.00 bits per heavy atom. The Morgan fingerprint density at radius 3 is 2.57 bits per heavy atom. The van der Waals surface area contributed by atoms with E-state index in [4.69, 9.17) is 0 Å². The molecule has 0 aromatic carbocycles. The largest absolute Gasteiger partial charge is 0.313 e. The van der Waals surface area contributed by atoms with Gasteiger partial charge in [0.1, 0.15) is 6.67 Å². The highest BCUT2D eigenvalue weighted by molar-refractivity contribution is 7.89. The number of sulfonamides is 1. The first kappa shape index (κ1) is 21.3. The second-order valence-corrected chi connectivity index (χ2v) is 10.7. The van der Waals surface area contributed by atoms with E-state index >= 15 is 0 Å². The first-order chi connectivity index (χ1) is 14.1. The molecule has 0 aliphatic heterocycles. The van der Waals surface area contributed by atoms with E-state index in [1.165, 1.54) is 12.3 Å². The van der Waals surface area contributed by atoms with E-state index in [9.17, 15) is 21.6 Å². The summed E-state index contributed by atoms with van der Waals surface area (Å²) >= 11 is 0.770. The molecule has 0 unspecified atom stereocenters. The molecule has 0 atom stereocenters. The van der Waals surface area contributed by atoms with Crippen molar-refractivity contribution in [2.45, 2.75) is 50.0 Å². The monoisotopic (exact) mass is 458 g/mol. The lowest BCUT2D eigenvalue weighted by molar-refractivity contribution is 0.150. The van der Waals surface area contributed by atoms with Crippen LogP contribution >= 0.6 is 11.3 Å². The number of alkyl halides is 3. The fraction of sp³-hybridized carbons (Fsp3) is 0.474. The van der Waals surface area contributed by atoms with Gasteiger partial charge in [-0.2, -0.15) is 0 Å². The molecule has 3 aromatic rings. The maximum absolute atomic E-state index is 13.2. The van der Waals surface area contributed by atoms with Gasteiger partial charge in [0.2, 0.25) is 10.0 Å². The molecule has 4 rings (SSSR count). The minimum Gasteiger partial charge on any atom is -0.313 e. The smallest absolute Gasteiger partial charge is 0.291 e. The Balaban J connectivity index is 1.82. The van der Waals surface area contributed by atoms with E-state index in [1.54, 1.807) is 10.5 Å².